The van der Waals surface area contributed by atoms with Gasteiger partial charge in [-0.15, -0.1) is 0 Å². The smallest absolute Gasteiger partial charge is 0.429 e. The highest BCUT2D eigenvalue weighted by atomic mass is 19.3. The summed E-state index contributed by atoms with van der Waals surface area (Å²) < 4.78 is 66.9. The highest BCUT2D eigenvalue weighted by molar-refractivity contribution is 6.15. The molecule has 2 aromatic rings. The van der Waals surface area contributed by atoms with Gasteiger partial charge in [-0.2, -0.15) is 8.78 Å². The molecule has 0 fully saturated rings. The fourth-order valence-corrected chi connectivity index (χ4v) is 3.44. The minimum atomic E-state index is -4.17. The van der Waals surface area contributed by atoms with Crippen LogP contribution >= 0.6 is 0 Å². The Labute approximate surface area is 160 Å². The van der Waals surface area contributed by atoms with Gasteiger partial charge in [-0.3, -0.25) is 9.59 Å². The maximum atomic E-state index is 15.2. The largest absolute Gasteiger partial charge is 0.468 e. The quantitative estimate of drug-likeness (QED) is 0.465. The van der Waals surface area contributed by atoms with E-state index < -0.39 is 52.6 Å². The molecule has 1 aromatic heterocycles. The molecule has 0 bridgehead atoms. The normalized spacial score (nSPS) is 24.4. The lowest BCUT2D eigenvalue weighted by molar-refractivity contribution is -0.226. The van der Waals surface area contributed by atoms with Crippen LogP contribution in [0.3, 0.4) is 0 Å². The van der Waals surface area contributed by atoms with Crippen LogP contribution in [0.4, 0.5) is 17.6 Å². The molecule has 2 aliphatic heterocycles. The molecule has 2 atom stereocenters. The molecule has 0 aliphatic carbocycles. The molecule has 0 saturated heterocycles. The topological polar surface area (TPSA) is 89.9 Å². The summed E-state index contributed by atoms with van der Waals surface area (Å²) >= 11 is 0. The number of halogens is 4. The van der Waals surface area contributed by atoms with Gasteiger partial charge >= 0.3 is 12.1 Å². The zero-order chi connectivity index (χ0) is 21.0. The van der Waals surface area contributed by atoms with Crippen molar-refractivity contribution in [3.8, 4) is 5.75 Å². The van der Waals surface area contributed by atoms with Gasteiger partial charge in [0.2, 0.25) is 11.4 Å². The third-order valence-corrected chi connectivity index (χ3v) is 4.66. The third kappa shape index (κ3) is 2.57. The van der Waals surface area contributed by atoms with Crippen LogP contribution < -0.4 is 10.1 Å². The van der Waals surface area contributed by atoms with Crippen molar-refractivity contribution in [2.75, 3.05) is 7.11 Å². The number of amides is 1. The number of rotatable bonds is 2. The summed E-state index contributed by atoms with van der Waals surface area (Å²) in [4.78, 5) is 32.4. The lowest BCUT2D eigenvalue weighted by Crippen LogP contribution is -2.61. The van der Waals surface area contributed by atoms with Crippen LogP contribution in [0.1, 0.15) is 11.3 Å². The Morgan fingerprint density at radius 3 is 2.69 bits per heavy atom. The standard InChI is InChI=1S/C18H11F4N3O4/c1-28-16(27)12-15(26)24-14(13-10(20)6-8(19)7-23-13)25-17(12)9-4-2-3-5-11(9)29-18(17,21)22/h2-7,12H,1H3,(H,24,25,26). The van der Waals surface area contributed by atoms with E-state index >= 15 is 8.78 Å². The van der Waals surface area contributed by atoms with Crippen LogP contribution in [-0.4, -0.2) is 35.9 Å². The van der Waals surface area contributed by atoms with Crippen molar-refractivity contribution in [1.29, 1.82) is 0 Å². The van der Waals surface area contributed by atoms with Gasteiger partial charge in [0, 0.05) is 11.6 Å². The number of pyridine rings is 1. The maximum absolute atomic E-state index is 15.2. The number of para-hydroxylation sites is 1. The van der Waals surface area contributed by atoms with Crippen molar-refractivity contribution in [1.82, 2.24) is 10.3 Å². The van der Waals surface area contributed by atoms with Crippen LogP contribution in [0.15, 0.2) is 41.5 Å². The monoisotopic (exact) mass is 409 g/mol. The average molecular weight is 409 g/mol. The van der Waals surface area contributed by atoms with E-state index in [1.165, 1.54) is 24.3 Å². The highest BCUT2D eigenvalue weighted by Gasteiger charge is 2.73. The van der Waals surface area contributed by atoms with E-state index in [9.17, 15) is 18.4 Å². The molecule has 0 saturated carbocycles. The first kappa shape index (κ1) is 18.8. The Hall–Kier alpha value is -3.50. The van der Waals surface area contributed by atoms with Gasteiger partial charge in [-0.1, -0.05) is 18.2 Å². The number of nitrogens with zero attached hydrogens (tertiary/aromatic N) is 2. The molecule has 3 heterocycles. The van der Waals surface area contributed by atoms with Crippen molar-refractivity contribution in [2.24, 2.45) is 10.9 Å². The minimum absolute atomic E-state index is 0.268. The number of aromatic nitrogens is 1. The molecule has 4 rings (SSSR count). The molecule has 2 aliphatic rings. The molecule has 0 radical (unpaired) electrons. The maximum Gasteiger partial charge on any atom is 0.429 e. The van der Waals surface area contributed by atoms with Gasteiger partial charge in [0.25, 0.3) is 0 Å². The van der Waals surface area contributed by atoms with E-state index in [1.807, 2.05) is 0 Å². The van der Waals surface area contributed by atoms with Crippen molar-refractivity contribution in [3.05, 3.63) is 59.4 Å². The molecule has 2 unspecified atom stereocenters. The van der Waals surface area contributed by atoms with E-state index in [1.54, 1.807) is 0 Å². The number of amidine groups is 1. The molecule has 29 heavy (non-hydrogen) atoms. The Balaban J connectivity index is 2.03. The van der Waals surface area contributed by atoms with Gasteiger partial charge in [0.1, 0.15) is 17.3 Å². The number of ether oxygens (including phenoxy) is 2. The van der Waals surface area contributed by atoms with Crippen molar-refractivity contribution >= 4 is 17.7 Å². The Morgan fingerprint density at radius 1 is 1.28 bits per heavy atom. The molecule has 7 nitrogen and oxygen atoms in total. The number of hydrogen-bond acceptors (Lipinski definition) is 6. The summed E-state index contributed by atoms with van der Waals surface area (Å²) in [7, 11) is 0.920. The second-order valence-corrected chi connectivity index (χ2v) is 6.27. The predicted octanol–water partition coefficient (Wildman–Crippen LogP) is 1.91. The SMILES string of the molecule is COC(=O)C1C(=O)NC(c2ncc(F)cc2F)=NC12c1ccccc1OC2(F)F. The number of methoxy groups -OCH3 is 1. The van der Waals surface area contributed by atoms with E-state index in [4.69, 9.17) is 4.74 Å². The van der Waals surface area contributed by atoms with E-state index in [2.05, 4.69) is 20.0 Å². The van der Waals surface area contributed by atoms with Gasteiger partial charge in [0.05, 0.1) is 13.3 Å². The molecular weight excluding hydrogens is 398 g/mol. The number of benzene rings is 1. The van der Waals surface area contributed by atoms with Gasteiger partial charge in [-0.25, -0.2) is 18.8 Å². The van der Waals surface area contributed by atoms with E-state index in [-0.39, 0.29) is 11.3 Å². The van der Waals surface area contributed by atoms with Crippen LogP contribution in [-0.2, 0) is 19.9 Å². The molecule has 11 heteroatoms. The number of carbonyl (C=O) groups excluding carboxylic acids is 2. The minimum Gasteiger partial charge on any atom is -0.468 e. The van der Waals surface area contributed by atoms with E-state index in [0.717, 1.165) is 7.11 Å². The summed E-state index contributed by atoms with van der Waals surface area (Å²) in [6.45, 7) is 0. The summed E-state index contributed by atoms with van der Waals surface area (Å²) in [6.07, 6.45) is -3.54. The van der Waals surface area contributed by atoms with Gasteiger partial charge in [-0.05, 0) is 6.07 Å². The summed E-state index contributed by atoms with van der Waals surface area (Å²) in [5, 5.41) is 2.07. The average Bonchev–Trinajstić information content (AvgIpc) is 2.87. The number of fused-ring (bicyclic) bond motifs is 2. The van der Waals surface area contributed by atoms with Crippen LogP contribution in [0.2, 0.25) is 0 Å². The Morgan fingerprint density at radius 2 is 2.00 bits per heavy atom. The number of nitrogens with one attached hydrogen (secondary N) is 1. The van der Waals surface area contributed by atoms with E-state index in [0.29, 0.717) is 12.3 Å². The first-order chi connectivity index (χ1) is 13.7. The zero-order valence-electron chi connectivity index (χ0n) is 14.6. The van der Waals surface area contributed by atoms with Crippen molar-refractivity contribution in [2.45, 2.75) is 11.6 Å². The third-order valence-electron chi connectivity index (χ3n) is 4.66. The summed E-state index contributed by atoms with van der Waals surface area (Å²) in [6, 6.07) is 5.67. The Kier molecular flexibility index (Phi) is 4.07. The molecule has 1 amide bonds. The molecule has 1 spiro atoms. The van der Waals surface area contributed by atoms with Crippen LogP contribution in [0.5, 0.6) is 5.75 Å². The fraction of sp³-hybridized carbons (Fsp3) is 0.222. The number of aliphatic imine (C=N–C) groups is 1. The van der Waals surface area contributed by atoms with Gasteiger partial charge < -0.3 is 14.8 Å². The number of carbonyl (C=O) groups is 2. The molecular formula is C18H11F4N3O4. The number of esters is 1. The first-order valence-electron chi connectivity index (χ1n) is 8.17. The summed E-state index contributed by atoms with van der Waals surface area (Å²) in [5.41, 5.74) is -3.82. The number of hydrogen-bond donors (Lipinski definition) is 1. The summed E-state index contributed by atoms with van der Waals surface area (Å²) in [5.74, 6) is -7.94. The predicted molar refractivity (Wildman–Crippen MR) is 88.0 cm³/mol. The Bertz CT molecular complexity index is 1070. The first-order valence-corrected chi connectivity index (χ1v) is 8.17. The second kappa shape index (κ2) is 6.26. The van der Waals surface area contributed by atoms with Gasteiger partial charge in [0.15, 0.2) is 17.6 Å². The van der Waals surface area contributed by atoms with Crippen molar-refractivity contribution < 1.29 is 36.6 Å². The number of alkyl halides is 2. The van der Waals surface area contributed by atoms with Crippen LogP contribution in [0.25, 0.3) is 0 Å². The van der Waals surface area contributed by atoms with Crippen molar-refractivity contribution in [3.63, 3.8) is 0 Å². The van der Waals surface area contributed by atoms with Crippen LogP contribution in [0, 0.1) is 17.6 Å². The molecule has 150 valence electrons. The molecule has 1 N–H and O–H groups in total. The fourth-order valence-electron chi connectivity index (χ4n) is 3.44. The zero-order valence-corrected chi connectivity index (χ0v) is 14.6. The lowest BCUT2D eigenvalue weighted by atomic mass is 9.76. The lowest BCUT2D eigenvalue weighted by Gasteiger charge is -2.37. The second-order valence-electron chi connectivity index (χ2n) is 6.27. The highest BCUT2D eigenvalue weighted by Crippen LogP contribution is 2.57. The molecule has 1 aromatic carbocycles.